The van der Waals surface area contributed by atoms with Crippen molar-refractivity contribution in [3.8, 4) is 0 Å². The summed E-state index contributed by atoms with van der Waals surface area (Å²) >= 11 is 0. The van der Waals surface area contributed by atoms with Crippen LogP contribution in [0.3, 0.4) is 0 Å². The molecule has 1 aliphatic heterocycles. The Morgan fingerprint density at radius 1 is 1.13 bits per heavy atom. The first-order valence-corrected chi connectivity index (χ1v) is 8.23. The molecule has 0 aliphatic carbocycles. The van der Waals surface area contributed by atoms with E-state index in [2.05, 4.69) is 24.3 Å². The topological polar surface area (TPSA) is 29.5 Å². The number of ether oxygens (including phenoxy) is 1. The zero-order chi connectivity index (χ0) is 16.1. The van der Waals surface area contributed by atoms with Crippen LogP contribution in [0, 0.1) is 5.92 Å². The molecular weight excluding hydrogens is 286 g/mol. The normalized spacial score (nSPS) is 19.3. The molecule has 1 saturated heterocycles. The van der Waals surface area contributed by atoms with Crippen molar-refractivity contribution in [2.24, 2.45) is 5.92 Å². The molecular formula is C20H23NO2. The molecule has 2 aromatic rings. The molecule has 2 atom stereocenters. The van der Waals surface area contributed by atoms with E-state index in [4.69, 9.17) is 4.74 Å². The molecule has 0 aromatic heterocycles. The van der Waals surface area contributed by atoms with Crippen molar-refractivity contribution in [2.45, 2.75) is 19.4 Å². The SMILES string of the molecule is CC(Cc1ccccc1)C(=O)N1CCOC(c2ccccc2)C1. The minimum absolute atomic E-state index is 0.00748. The zero-order valence-corrected chi connectivity index (χ0v) is 13.5. The average Bonchev–Trinajstić information content (AvgIpc) is 2.63. The van der Waals surface area contributed by atoms with Gasteiger partial charge in [0.25, 0.3) is 0 Å². The van der Waals surface area contributed by atoms with Gasteiger partial charge in [0.15, 0.2) is 0 Å². The third-order valence-electron chi connectivity index (χ3n) is 4.36. The fraction of sp³-hybridized carbons (Fsp3) is 0.350. The predicted octanol–water partition coefficient (Wildman–Crippen LogP) is 3.47. The molecule has 3 nitrogen and oxygen atoms in total. The van der Waals surface area contributed by atoms with Crippen LogP contribution in [0.5, 0.6) is 0 Å². The third kappa shape index (κ3) is 3.99. The number of amides is 1. The summed E-state index contributed by atoms with van der Waals surface area (Å²) in [4.78, 5) is 14.7. The number of carbonyl (C=O) groups is 1. The number of benzene rings is 2. The number of rotatable bonds is 4. The highest BCUT2D eigenvalue weighted by Gasteiger charge is 2.28. The molecule has 0 saturated carbocycles. The summed E-state index contributed by atoms with van der Waals surface area (Å²) in [7, 11) is 0. The number of hydrogen-bond acceptors (Lipinski definition) is 2. The van der Waals surface area contributed by atoms with Gasteiger partial charge in [-0.2, -0.15) is 0 Å². The molecule has 23 heavy (non-hydrogen) atoms. The molecule has 120 valence electrons. The van der Waals surface area contributed by atoms with Gasteiger partial charge in [0, 0.05) is 12.5 Å². The van der Waals surface area contributed by atoms with Crippen molar-refractivity contribution >= 4 is 5.91 Å². The summed E-state index contributed by atoms with van der Waals surface area (Å²) in [6.45, 7) is 3.94. The van der Waals surface area contributed by atoms with Gasteiger partial charge in [-0.3, -0.25) is 4.79 Å². The molecule has 0 N–H and O–H groups in total. The summed E-state index contributed by atoms with van der Waals surface area (Å²) < 4.78 is 5.85. The molecule has 3 rings (SSSR count). The summed E-state index contributed by atoms with van der Waals surface area (Å²) in [6.07, 6.45) is 0.769. The van der Waals surface area contributed by atoms with Gasteiger partial charge in [-0.1, -0.05) is 67.6 Å². The zero-order valence-electron chi connectivity index (χ0n) is 13.5. The maximum Gasteiger partial charge on any atom is 0.225 e. The van der Waals surface area contributed by atoms with Crippen LogP contribution in [0.15, 0.2) is 60.7 Å². The van der Waals surface area contributed by atoms with Crippen molar-refractivity contribution in [1.29, 1.82) is 0 Å². The van der Waals surface area contributed by atoms with E-state index < -0.39 is 0 Å². The highest BCUT2D eigenvalue weighted by Crippen LogP contribution is 2.23. The largest absolute Gasteiger partial charge is 0.370 e. The molecule has 1 aliphatic rings. The summed E-state index contributed by atoms with van der Waals surface area (Å²) in [5.41, 5.74) is 2.35. The van der Waals surface area contributed by atoms with E-state index in [0.29, 0.717) is 19.7 Å². The third-order valence-corrected chi connectivity index (χ3v) is 4.36. The fourth-order valence-electron chi connectivity index (χ4n) is 3.09. The van der Waals surface area contributed by atoms with Gasteiger partial charge in [0.2, 0.25) is 5.91 Å². The van der Waals surface area contributed by atoms with Gasteiger partial charge < -0.3 is 9.64 Å². The smallest absolute Gasteiger partial charge is 0.225 e. The van der Waals surface area contributed by atoms with Crippen LogP contribution in [-0.2, 0) is 16.0 Å². The maximum absolute atomic E-state index is 12.7. The highest BCUT2D eigenvalue weighted by atomic mass is 16.5. The van der Waals surface area contributed by atoms with E-state index in [1.165, 1.54) is 5.56 Å². The van der Waals surface area contributed by atoms with Crippen molar-refractivity contribution in [1.82, 2.24) is 4.90 Å². The Hall–Kier alpha value is -2.13. The second-order valence-corrected chi connectivity index (χ2v) is 6.15. The van der Waals surface area contributed by atoms with Gasteiger partial charge in [-0.05, 0) is 17.5 Å². The van der Waals surface area contributed by atoms with E-state index in [1.807, 2.05) is 48.2 Å². The average molecular weight is 309 g/mol. The minimum atomic E-state index is -0.0159. The van der Waals surface area contributed by atoms with Crippen molar-refractivity contribution in [3.63, 3.8) is 0 Å². The second-order valence-electron chi connectivity index (χ2n) is 6.15. The lowest BCUT2D eigenvalue weighted by molar-refractivity contribution is -0.142. The van der Waals surface area contributed by atoms with Crippen molar-refractivity contribution in [3.05, 3.63) is 71.8 Å². The molecule has 1 fully saturated rings. The lowest BCUT2D eigenvalue weighted by Crippen LogP contribution is -2.44. The van der Waals surface area contributed by atoms with Gasteiger partial charge in [0.05, 0.1) is 13.2 Å². The molecule has 2 unspecified atom stereocenters. The van der Waals surface area contributed by atoms with Gasteiger partial charge in [0.1, 0.15) is 6.10 Å². The van der Waals surface area contributed by atoms with E-state index in [9.17, 15) is 4.79 Å². The Morgan fingerprint density at radius 3 is 2.48 bits per heavy atom. The van der Waals surface area contributed by atoms with Crippen LogP contribution >= 0.6 is 0 Å². The van der Waals surface area contributed by atoms with Crippen LogP contribution in [-0.4, -0.2) is 30.5 Å². The number of carbonyl (C=O) groups excluding carboxylic acids is 1. The lowest BCUT2D eigenvalue weighted by Gasteiger charge is -2.34. The fourth-order valence-corrected chi connectivity index (χ4v) is 3.09. The van der Waals surface area contributed by atoms with E-state index in [1.54, 1.807) is 0 Å². The number of morpholine rings is 1. The maximum atomic E-state index is 12.7. The van der Waals surface area contributed by atoms with E-state index in [-0.39, 0.29) is 17.9 Å². The monoisotopic (exact) mass is 309 g/mol. The Bertz CT molecular complexity index is 627. The molecule has 2 aromatic carbocycles. The summed E-state index contributed by atoms with van der Waals surface area (Å²) in [5.74, 6) is 0.213. The van der Waals surface area contributed by atoms with E-state index >= 15 is 0 Å². The first-order valence-electron chi connectivity index (χ1n) is 8.23. The predicted molar refractivity (Wildman–Crippen MR) is 91.0 cm³/mol. The second kappa shape index (κ2) is 7.42. The van der Waals surface area contributed by atoms with Gasteiger partial charge in [-0.15, -0.1) is 0 Å². The Morgan fingerprint density at radius 2 is 1.78 bits per heavy atom. The van der Waals surface area contributed by atoms with Gasteiger partial charge in [-0.25, -0.2) is 0 Å². The first-order chi connectivity index (χ1) is 11.2. The van der Waals surface area contributed by atoms with Crippen molar-refractivity contribution in [2.75, 3.05) is 19.7 Å². The summed E-state index contributed by atoms with van der Waals surface area (Å²) in [6, 6.07) is 20.3. The Labute approximate surface area is 137 Å². The minimum Gasteiger partial charge on any atom is -0.370 e. The quantitative estimate of drug-likeness (QED) is 0.865. The van der Waals surface area contributed by atoms with Crippen LogP contribution in [0.2, 0.25) is 0 Å². The van der Waals surface area contributed by atoms with E-state index in [0.717, 1.165) is 12.0 Å². The molecule has 1 heterocycles. The van der Waals surface area contributed by atoms with Gasteiger partial charge >= 0.3 is 0 Å². The van der Waals surface area contributed by atoms with Crippen LogP contribution in [0.4, 0.5) is 0 Å². The molecule has 0 bridgehead atoms. The number of nitrogens with zero attached hydrogens (tertiary/aromatic N) is 1. The number of hydrogen-bond donors (Lipinski definition) is 0. The van der Waals surface area contributed by atoms with Crippen molar-refractivity contribution < 1.29 is 9.53 Å². The molecule has 1 amide bonds. The standard InChI is InChI=1S/C20H23NO2/c1-16(14-17-8-4-2-5-9-17)20(22)21-12-13-23-19(15-21)18-10-6-3-7-11-18/h2-11,16,19H,12-15H2,1H3. The Balaban J connectivity index is 1.62. The summed E-state index contributed by atoms with van der Waals surface area (Å²) in [5, 5.41) is 0. The van der Waals surface area contributed by atoms with Crippen LogP contribution in [0.1, 0.15) is 24.2 Å². The molecule has 0 spiro atoms. The first kappa shape index (κ1) is 15.8. The van der Waals surface area contributed by atoms with Crippen LogP contribution in [0.25, 0.3) is 0 Å². The van der Waals surface area contributed by atoms with Crippen LogP contribution < -0.4 is 0 Å². The Kier molecular flexibility index (Phi) is 5.09. The highest BCUT2D eigenvalue weighted by molar-refractivity contribution is 5.79. The molecule has 0 radical (unpaired) electrons. The molecule has 3 heteroatoms. The lowest BCUT2D eigenvalue weighted by atomic mass is 9.99.